The van der Waals surface area contributed by atoms with Gasteiger partial charge in [-0.05, 0) is 25.7 Å². The molecule has 0 saturated heterocycles. The molecule has 0 bridgehead atoms. The van der Waals surface area contributed by atoms with E-state index in [1.54, 1.807) is 0 Å². The molecule has 0 spiro atoms. The fourth-order valence-electron chi connectivity index (χ4n) is 1.96. The van der Waals surface area contributed by atoms with Gasteiger partial charge in [0.2, 0.25) is 0 Å². The largest absolute Gasteiger partial charge is 0.299 e. The van der Waals surface area contributed by atoms with Crippen molar-refractivity contribution in [1.82, 2.24) is 0 Å². The van der Waals surface area contributed by atoms with Crippen LogP contribution in [0.3, 0.4) is 0 Å². The van der Waals surface area contributed by atoms with Crippen LogP contribution in [0.5, 0.6) is 0 Å². The average Bonchev–Trinajstić information content (AvgIpc) is 1.78. The Bertz CT molecular complexity index is 238. The highest BCUT2D eigenvalue weighted by atomic mass is 16.1. The van der Waals surface area contributed by atoms with Crippen LogP contribution in [0.4, 0.5) is 0 Å². The van der Waals surface area contributed by atoms with E-state index in [1.165, 1.54) is 0 Å². The van der Waals surface area contributed by atoms with Crippen molar-refractivity contribution in [3.63, 3.8) is 0 Å². The predicted molar refractivity (Wildman–Crippen MR) is 55.2 cm³/mol. The summed E-state index contributed by atoms with van der Waals surface area (Å²) in [6.45, 7) is 8.39. The quantitative estimate of drug-likeness (QED) is 0.611. The minimum Gasteiger partial charge on any atom is -0.299 e. The molecular formula is C11H19NO. The van der Waals surface area contributed by atoms with Crippen LogP contribution in [0.15, 0.2) is 4.99 Å². The maximum absolute atomic E-state index is 11.4. The number of aliphatic imine (C=N–C) groups is 1. The van der Waals surface area contributed by atoms with Crippen LogP contribution in [0.2, 0.25) is 0 Å². The minimum atomic E-state index is 0.128. The van der Waals surface area contributed by atoms with Gasteiger partial charge in [-0.2, -0.15) is 0 Å². The summed E-state index contributed by atoms with van der Waals surface area (Å²) < 4.78 is 0. The van der Waals surface area contributed by atoms with E-state index in [0.717, 1.165) is 12.1 Å². The van der Waals surface area contributed by atoms with Crippen LogP contribution in [0.1, 0.15) is 47.0 Å². The third-order valence-corrected chi connectivity index (χ3v) is 2.20. The van der Waals surface area contributed by atoms with E-state index < -0.39 is 0 Å². The minimum absolute atomic E-state index is 0.128. The highest BCUT2D eigenvalue weighted by molar-refractivity contribution is 6.04. The number of nitrogens with zero attached hydrogens (tertiary/aromatic N) is 1. The van der Waals surface area contributed by atoms with Gasteiger partial charge in [0.25, 0.3) is 0 Å². The first-order valence-electron chi connectivity index (χ1n) is 4.96. The van der Waals surface area contributed by atoms with Crippen LogP contribution in [0, 0.1) is 5.41 Å². The topological polar surface area (TPSA) is 29.4 Å². The summed E-state index contributed by atoms with van der Waals surface area (Å²) in [4.78, 5) is 15.9. The summed E-state index contributed by atoms with van der Waals surface area (Å²) in [6.07, 6.45) is 2.28. The number of ketones is 1. The van der Waals surface area contributed by atoms with E-state index in [0.29, 0.717) is 24.7 Å². The molecular weight excluding hydrogens is 162 g/mol. The summed E-state index contributed by atoms with van der Waals surface area (Å²) in [6, 6.07) is 0.316. The Morgan fingerprint density at radius 1 is 1.31 bits per heavy atom. The Morgan fingerprint density at radius 3 is 2.38 bits per heavy atom. The maximum atomic E-state index is 11.4. The molecule has 0 aliphatic heterocycles. The van der Waals surface area contributed by atoms with Crippen LogP contribution in [-0.2, 0) is 4.79 Å². The first-order chi connectivity index (χ1) is 5.89. The van der Waals surface area contributed by atoms with Crippen molar-refractivity contribution in [2.75, 3.05) is 0 Å². The van der Waals surface area contributed by atoms with Gasteiger partial charge in [-0.1, -0.05) is 13.8 Å². The fraction of sp³-hybridized carbons (Fsp3) is 0.818. The van der Waals surface area contributed by atoms with Gasteiger partial charge in [0.15, 0.2) is 0 Å². The van der Waals surface area contributed by atoms with E-state index in [-0.39, 0.29) is 5.41 Å². The molecule has 0 radical (unpaired) electrons. The summed E-state index contributed by atoms with van der Waals surface area (Å²) in [7, 11) is 0. The smallest absolute Gasteiger partial charge is 0.139 e. The molecule has 0 aromatic heterocycles. The van der Waals surface area contributed by atoms with Crippen molar-refractivity contribution in [1.29, 1.82) is 0 Å². The summed E-state index contributed by atoms with van der Waals surface area (Å²) in [5, 5.41) is 0. The first-order valence-corrected chi connectivity index (χ1v) is 4.96. The number of carbonyl (C=O) groups excluding carboxylic acids is 1. The van der Waals surface area contributed by atoms with Crippen molar-refractivity contribution in [2.45, 2.75) is 53.0 Å². The molecule has 1 fully saturated rings. The lowest BCUT2D eigenvalue weighted by molar-refractivity contribution is -0.120. The normalized spacial score (nSPS) is 25.6. The molecule has 13 heavy (non-hydrogen) atoms. The lowest BCUT2D eigenvalue weighted by Gasteiger charge is -2.29. The van der Waals surface area contributed by atoms with Gasteiger partial charge in [0, 0.05) is 24.6 Å². The van der Waals surface area contributed by atoms with Crippen LogP contribution in [-0.4, -0.2) is 17.5 Å². The van der Waals surface area contributed by atoms with Gasteiger partial charge in [0.1, 0.15) is 5.78 Å². The van der Waals surface area contributed by atoms with Crippen molar-refractivity contribution in [3.8, 4) is 0 Å². The van der Waals surface area contributed by atoms with Gasteiger partial charge < -0.3 is 0 Å². The standard InChI is InChI=1S/C11H19NO/c1-8(2)12-9-5-10(13)7-11(3,4)6-9/h8H,5-7H2,1-4H3. The summed E-state index contributed by atoms with van der Waals surface area (Å²) >= 11 is 0. The molecule has 74 valence electrons. The van der Waals surface area contributed by atoms with Crippen LogP contribution >= 0.6 is 0 Å². The van der Waals surface area contributed by atoms with Crippen LogP contribution in [0.25, 0.3) is 0 Å². The summed E-state index contributed by atoms with van der Waals surface area (Å²) in [5.74, 6) is 0.343. The van der Waals surface area contributed by atoms with Gasteiger partial charge in [-0.25, -0.2) is 0 Å². The third-order valence-electron chi connectivity index (χ3n) is 2.20. The van der Waals surface area contributed by atoms with Crippen molar-refractivity contribution < 1.29 is 4.79 Å². The van der Waals surface area contributed by atoms with E-state index in [9.17, 15) is 4.79 Å². The summed E-state index contributed by atoms with van der Waals surface area (Å²) in [5.41, 5.74) is 1.22. The highest BCUT2D eigenvalue weighted by Gasteiger charge is 2.30. The number of carbonyl (C=O) groups is 1. The highest BCUT2D eigenvalue weighted by Crippen LogP contribution is 2.31. The molecule has 2 nitrogen and oxygen atoms in total. The molecule has 0 N–H and O–H groups in total. The van der Waals surface area contributed by atoms with Gasteiger partial charge in [0.05, 0.1) is 0 Å². The first kappa shape index (κ1) is 10.4. The molecule has 0 unspecified atom stereocenters. The Labute approximate surface area is 80.4 Å². The fourth-order valence-corrected chi connectivity index (χ4v) is 1.96. The van der Waals surface area contributed by atoms with E-state index in [2.05, 4.69) is 32.7 Å². The second-order valence-electron chi connectivity index (χ2n) is 5.02. The van der Waals surface area contributed by atoms with E-state index >= 15 is 0 Å². The lowest BCUT2D eigenvalue weighted by Crippen LogP contribution is -2.29. The van der Waals surface area contributed by atoms with Crippen molar-refractivity contribution in [3.05, 3.63) is 0 Å². The zero-order valence-electron chi connectivity index (χ0n) is 9.05. The zero-order chi connectivity index (χ0) is 10.1. The van der Waals surface area contributed by atoms with Gasteiger partial charge in [-0.3, -0.25) is 9.79 Å². The van der Waals surface area contributed by atoms with E-state index in [4.69, 9.17) is 0 Å². The van der Waals surface area contributed by atoms with E-state index in [1.807, 2.05) is 0 Å². The number of hydrogen-bond acceptors (Lipinski definition) is 2. The van der Waals surface area contributed by atoms with Gasteiger partial charge >= 0.3 is 0 Å². The average molecular weight is 181 g/mol. The second kappa shape index (κ2) is 3.60. The number of Topliss-reactive ketones (excluding diaryl/α,β-unsaturated/α-hetero) is 1. The Morgan fingerprint density at radius 2 is 1.92 bits per heavy atom. The van der Waals surface area contributed by atoms with Crippen molar-refractivity contribution in [2.24, 2.45) is 10.4 Å². The Kier molecular flexibility index (Phi) is 2.89. The zero-order valence-corrected chi connectivity index (χ0v) is 9.05. The predicted octanol–water partition coefficient (Wildman–Crippen LogP) is 2.62. The maximum Gasteiger partial charge on any atom is 0.139 e. The third kappa shape index (κ3) is 3.29. The monoisotopic (exact) mass is 181 g/mol. The van der Waals surface area contributed by atoms with Crippen LogP contribution < -0.4 is 0 Å². The second-order valence-corrected chi connectivity index (χ2v) is 5.02. The van der Waals surface area contributed by atoms with Crippen molar-refractivity contribution >= 4 is 11.5 Å². The molecule has 0 aromatic carbocycles. The number of hydrogen-bond donors (Lipinski definition) is 0. The molecule has 0 aromatic rings. The Balaban J connectivity index is 2.74. The molecule has 1 aliphatic rings. The lowest BCUT2D eigenvalue weighted by atomic mass is 9.76. The molecule has 0 heterocycles. The Hall–Kier alpha value is -0.660. The molecule has 2 heteroatoms. The van der Waals surface area contributed by atoms with Gasteiger partial charge in [-0.15, -0.1) is 0 Å². The molecule has 1 rings (SSSR count). The SMILES string of the molecule is CC(C)N=C1CC(=O)CC(C)(C)C1. The molecule has 1 aliphatic carbocycles. The number of rotatable bonds is 1. The molecule has 1 saturated carbocycles. The molecule has 0 atom stereocenters. The molecule has 0 amide bonds.